The second kappa shape index (κ2) is 14.5. The lowest BCUT2D eigenvalue weighted by molar-refractivity contribution is -0.140. The normalized spacial score (nSPS) is 20.1. The summed E-state index contributed by atoms with van der Waals surface area (Å²) in [5.74, 6) is -0.211. The van der Waals surface area contributed by atoms with Crippen LogP contribution < -0.4 is 5.32 Å². The standard InChI is InChI=1S/C27H49N3O4/c1-10-21(8)30-15-13-12-14-23(30)25(31)28-22(16-18(3)4)26(32)29(9)24(19(5)6)17-20(7)27(33)34-11-2/h17-19,21-24H,10-16H2,1-9H3,(H,28,31)/t21?,22-,23?,24+/m0/s1. The van der Waals surface area contributed by atoms with Gasteiger partial charge in [-0.1, -0.05) is 47.1 Å². The molecule has 7 nitrogen and oxygen atoms in total. The largest absolute Gasteiger partial charge is 0.463 e. The Morgan fingerprint density at radius 2 is 1.76 bits per heavy atom. The summed E-state index contributed by atoms with van der Waals surface area (Å²) in [4.78, 5) is 43.2. The maximum Gasteiger partial charge on any atom is 0.333 e. The molecular formula is C27H49N3O4. The minimum atomic E-state index is -0.601. The molecule has 0 aromatic heterocycles. The average molecular weight is 480 g/mol. The van der Waals surface area contributed by atoms with Crippen LogP contribution in [0.1, 0.15) is 87.5 Å². The number of likely N-dealkylation sites (tertiary alicyclic amines) is 1. The van der Waals surface area contributed by atoms with E-state index >= 15 is 0 Å². The number of piperidine rings is 1. The first kappa shape index (κ1) is 30.1. The number of esters is 1. The van der Waals surface area contributed by atoms with Crippen molar-refractivity contribution >= 4 is 17.8 Å². The lowest BCUT2D eigenvalue weighted by Crippen LogP contribution is -2.58. The highest BCUT2D eigenvalue weighted by molar-refractivity contribution is 5.90. The molecule has 0 aliphatic carbocycles. The van der Waals surface area contributed by atoms with Crippen LogP contribution in [-0.2, 0) is 19.1 Å². The summed E-state index contributed by atoms with van der Waals surface area (Å²) in [5.41, 5.74) is 0.482. The van der Waals surface area contributed by atoms with Gasteiger partial charge in [-0.15, -0.1) is 0 Å². The van der Waals surface area contributed by atoms with E-state index in [1.165, 1.54) is 0 Å². The zero-order valence-electron chi connectivity index (χ0n) is 23.0. The van der Waals surface area contributed by atoms with E-state index in [2.05, 4.69) is 37.9 Å². The summed E-state index contributed by atoms with van der Waals surface area (Å²) in [7, 11) is 1.76. The summed E-state index contributed by atoms with van der Waals surface area (Å²) in [5, 5.41) is 3.11. The van der Waals surface area contributed by atoms with E-state index in [4.69, 9.17) is 4.74 Å². The molecule has 4 atom stereocenters. The van der Waals surface area contributed by atoms with Gasteiger partial charge in [0.15, 0.2) is 0 Å². The number of ether oxygens (including phenoxy) is 1. The van der Waals surface area contributed by atoms with E-state index in [1.807, 2.05) is 13.8 Å². The summed E-state index contributed by atoms with van der Waals surface area (Å²) in [6, 6.07) is -0.742. The van der Waals surface area contributed by atoms with Crippen LogP contribution in [0, 0.1) is 11.8 Å². The topological polar surface area (TPSA) is 79.0 Å². The fourth-order valence-corrected chi connectivity index (χ4v) is 4.67. The van der Waals surface area contributed by atoms with Gasteiger partial charge in [0.05, 0.1) is 18.7 Å². The molecule has 0 saturated carbocycles. The Morgan fingerprint density at radius 3 is 2.29 bits per heavy atom. The Balaban J connectivity index is 3.11. The highest BCUT2D eigenvalue weighted by Gasteiger charge is 2.35. The Kier molecular flexibility index (Phi) is 12.9. The molecule has 0 aromatic rings. The third-order valence-corrected chi connectivity index (χ3v) is 6.82. The molecule has 0 aromatic carbocycles. The monoisotopic (exact) mass is 479 g/mol. The second-order valence-corrected chi connectivity index (χ2v) is 10.5. The Bertz CT molecular complexity index is 704. The van der Waals surface area contributed by atoms with Gasteiger partial charge in [-0.2, -0.15) is 0 Å². The van der Waals surface area contributed by atoms with Crippen LogP contribution in [0.2, 0.25) is 0 Å². The predicted molar refractivity (Wildman–Crippen MR) is 137 cm³/mol. The van der Waals surface area contributed by atoms with Crippen molar-refractivity contribution in [3.8, 4) is 0 Å². The number of carbonyl (C=O) groups excluding carboxylic acids is 3. The first-order valence-corrected chi connectivity index (χ1v) is 13.1. The first-order valence-electron chi connectivity index (χ1n) is 13.1. The average Bonchev–Trinajstić information content (AvgIpc) is 2.79. The molecular weight excluding hydrogens is 430 g/mol. The van der Waals surface area contributed by atoms with Crippen LogP contribution in [0.4, 0.5) is 0 Å². The quantitative estimate of drug-likeness (QED) is 0.336. The van der Waals surface area contributed by atoms with Crippen molar-refractivity contribution in [1.29, 1.82) is 0 Å². The summed E-state index contributed by atoms with van der Waals surface area (Å²) in [6.07, 6.45) is 6.32. The van der Waals surface area contributed by atoms with Crippen molar-refractivity contribution in [2.45, 2.75) is 112 Å². The number of rotatable bonds is 12. The first-order chi connectivity index (χ1) is 15.9. The van der Waals surface area contributed by atoms with Crippen LogP contribution in [-0.4, -0.2) is 72.0 Å². The van der Waals surface area contributed by atoms with Crippen molar-refractivity contribution in [1.82, 2.24) is 15.1 Å². The lowest BCUT2D eigenvalue weighted by atomic mass is 9.95. The molecule has 1 rings (SSSR count). The molecule has 7 heteroatoms. The number of likely N-dealkylation sites (N-methyl/N-ethyl adjacent to an activating group) is 1. The minimum absolute atomic E-state index is 0.0493. The number of carbonyl (C=O) groups is 3. The van der Waals surface area contributed by atoms with Gasteiger partial charge in [0.1, 0.15) is 6.04 Å². The van der Waals surface area contributed by atoms with Crippen LogP contribution in [0.3, 0.4) is 0 Å². The van der Waals surface area contributed by atoms with Crippen LogP contribution >= 0.6 is 0 Å². The lowest BCUT2D eigenvalue weighted by Gasteiger charge is -2.39. The molecule has 1 aliphatic rings. The number of nitrogens with zero attached hydrogens (tertiary/aromatic N) is 2. The number of hydrogen-bond acceptors (Lipinski definition) is 5. The van der Waals surface area contributed by atoms with Gasteiger partial charge in [0.25, 0.3) is 0 Å². The van der Waals surface area contributed by atoms with Crippen molar-refractivity contribution < 1.29 is 19.1 Å². The molecule has 34 heavy (non-hydrogen) atoms. The molecule has 1 heterocycles. The number of nitrogens with one attached hydrogen (secondary N) is 1. The van der Waals surface area contributed by atoms with Gasteiger partial charge in [0.2, 0.25) is 11.8 Å². The number of hydrogen-bond donors (Lipinski definition) is 1. The summed E-state index contributed by atoms with van der Waals surface area (Å²) >= 11 is 0. The molecule has 196 valence electrons. The fourth-order valence-electron chi connectivity index (χ4n) is 4.67. The van der Waals surface area contributed by atoms with Gasteiger partial charge in [-0.3, -0.25) is 14.5 Å². The Morgan fingerprint density at radius 1 is 1.12 bits per heavy atom. The van der Waals surface area contributed by atoms with Crippen molar-refractivity contribution in [2.24, 2.45) is 11.8 Å². The molecule has 1 fully saturated rings. The maximum atomic E-state index is 13.6. The predicted octanol–water partition coefficient (Wildman–Crippen LogP) is 4.16. The molecule has 2 unspecified atom stereocenters. The van der Waals surface area contributed by atoms with E-state index in [0.29, 0.717) is 24.6 Å². The fraction of sp³-hybridized carbons (Fsp3) is 0.815. The summed E-state index contributed by atoms with van der Waals surface area (Å²) in [6.45, 7) is 17.2. The molecule has 0 spiro atoms. The SMILES string of the molecule is CCOC(=O)C(C)=C[C@H](C(C)C)N(C)C(=O)[C@H](CC(C)C)NC(=O)C1CCCCN1C(C)CC. The van der Waals surface area contributed by atoms with Gasteiger partial charge in [-0.25, -0.2) is 4.79 Å². The molecule has 1 N–H and O–H groups in total. The van der Waals surface area contributed by atoms with E-state index < -0.39 is 6.04 Å². The van der Waals surface area contributed by atoms with E-state index in [9.17, 15) is 14.4 Å². The van der Waals surface area contributed by atoms with Gasteiger partial charge in [0, 0.05) is 18.7 Å². The molecule has 0 bridgehead atoms. The van der Waals surface area contributed by atoms with Crippen molar-refractivity contribution in [3.63, 3.8) is 0 Å². The van der Waals surface area contributed by atoms with E-state index in [-0.39, 0.29) is 41.7 Å². The maximum absolute atomic E-state index is 13.6. The van der Waals surface area contributed by atoms with Gasteiger partial charge < -0.3 is 15.0 Å². The van der Waals surface area contributed by atoms with E-state index in [1.54, 1.807) is 31.9 Å². The van der Waals surface area contributed by atoms with Crippen LogP contribution in [0.5, 0.6) is 0 Å². The minimum Gasteiger partial charge on any atom is -0.463 e. The van der Waals surface area contributed by atoms with Gasteiger partial charge >= 0.3 is 5.97 Å². The smallest absolute Gasteiger partial charge is 0.333 e. The van der Waals surface area contributed by atoms with E-state index in [0.717, 1.165) is 32.2 Å². The zero-order valence-corrected chi connectivity index (χ0v) is 23.0. The molecule has 1 aliphatic heterocycles. The third kappa shape index (κ3) is 8.71. The number of amides is 2. The van der Waals surface area contributed by atoms with Crippen molar-refractivity contribution in [2.75, 3.05) is 20.2 Å². The summed E-state index contributed by atoms with van der Waals surface area (Å²) < 4.78 is 5.11. The van der Waals surface area contributed by atoms with Gasteiger partial charge in [-0.05, 0) is 64.8 Å². The zero-order chi connectivity index (χ0) is 26.0. The molecule has 0 radical (unpaired) electrons. The second-order valence-electron chi connectivity index (χ2n) is 10.5. The Hall–Kier alpha value is -1.89. The third-order valence-electron chi connectivity index (χ3n) is 6.82. The molecule has 2 amide bonds. The highest BCUT2D eigenvalue weighted by atomic mass is 16.5. The Labute approximate surface area is 207 Å². The van der Waals surface area contributed by atoms with Crippen molar-refractivity contribution in [3.05, 3.63) is 11.6 Å². The van der Waals surface area contributed by atoms with Crippen LogP contribution in [0.15, 0.2) is 11.6 Å². The molecule has 1 saturated heterocycles. The van der Waals surface area contributed by atoms with Crippen LogP contribution in [0.25, 0.3) is 0 Å². The highest BCUT2D eigenvalue weighted by Crippen LogP contribution is 2.22.